The van der Waals surface area contributed by atoms with Crippen molar-refractivity contribution in [3.63, 3.8) is 0 Å². The maximum atomic E-state index is 5.62. The van der Waals surface area contributed by atoms with Gasteiger partial charge in [0, 0.05) is 24.2 Å². The molecule has 2 aromatic rings. The fraction of sp³-hybridized carbons (Fsp3) is 0.562. The van der Waals surface area contributed by atoms with Gasteiger partial charge in [-0.2, -0.15) is 4.98 Å². The fourth-order valence-electron chi connectivity index (χ4n) is 3.14. The van der Waals surface area contributed by atoms with E-state index < -0.39 is 0 Å². The van der Waals surface area contributed by atoms with E-state index in [1.165, 1.54) is 32.1 Å². The van der Waals surface area contributed by atoms with E-state index in [2.05, 4.69) is 22.0 Å². The Hall–Kier alpha value is -1.75. The molecule has 2 unspecified atom stereocenters. The van der Waals surface area contributed by atoms with Crippen LogP contribution in [0.2, 0.25) is 0 Å². The first kappa shape index (κ1) is 14.2. The second-order valence-corrected chi connectivity index (χ2v) is 5.84. The first-order chi connectivity index (χ1) is 10.3. The number of aromatic nitrogens is 3. The van der Waals surface area contributed by atoms with E-state index in [1.54, 1.807) is 6.20 Å². The summed E-state index contributed by atoms with van der Waals surface area (Å²) in [6.07, 6.45) is 7.92. The van der Waals surface area contributed by atoms with Gasteiger partial charge < -0.3 is 10.3 Å². The molecule has 1 fully saturated rings. The molecule has 2 atom stereocenters. The van der Waals surface area contributed by atoms with Crippen molar-refractivity contribution in [1.29, 1.82) is 0 Å². The molecule has 5 nitrogen and oxygen atoms in total. The van der Waals surface area contributed by atoms with Gasteiger partial charge in [0.2, 0.25) is 0 Å². The molecule has 2 N–H and O–H groups in total. The van der Waals surface area contributed by atoms with Crippen LogP contribution in [0, 0.1) is 5.92 Å². The SMILES string of the molecule is CCC1CCCC(c2noc(-c3ccnc(CN)c3)n2)C1. The molecule has 3 rings (SSSR count). The van der Waals surface area contributed by atoms with E-state index >= 15 is 0 Å². The molecule has 1 aliphatic rings. The van der Waals surface area contributed by atoms with Gasteiger partial charge in [-0.1, -0.05) is 31.3 Å². The minimum Gasteiger partial charge on any atom is -0.334 e. The molecule has 0 radical (unpaired) electrons. The molecule has 0 spiro atoms. The van der Waals surface area contributed by atoms with Crippen LogP contribution in [-0.2, 0) is 6.54 Å². The lowest BCUT2D eigenvalue weighted by molar-refractivity contribution is 0.300. The van der Waals surface area contributed by atoms with Crippen LogP contribution in [0.3, 0.4) is 0 Å². The highest BCUT2D eigenvalue weighted by Gasteiger charge is 2.26. The second kappa shape index (κ2) is 6.35. The normalized spacial score (nSPS) is 22.4. The van der Waals surface area contributed by atoms with E-state index in [4.69, 9.17) is 10.3 Å². The fourth-order valence-corrected chi connectivity index (χ4v) is 3.14. The zero-order valence-electron chi connectivity index (χ0n) is 12.5. The van der Waals surface area contributed by atoms with Crippen molar-refractivity contribution in [1.82, 2.24) is 15.1 Å². The van der Waals surface area contributed by atoms with Crippen LogP contribution in [0.15, 0.2) is 22.9 Å². The number of hydrogen-bond donors (Lipinski definition) is 1. The van der Waals surface area contributed by atoms with Crippen LogP contribution >= 0.6 is 0 Å². The number of pyridine rings is 1. The van der Waals surface area contributed by atoms with E-state index in [0.717, 1.165) is 23.0 Å². The van der Waals surface area contributed by atoms with Gasteiger partial charge in [0.05, 0.1) is 5.69 Å². The summed E-state index contributed by atoms with van der Waals surface area (Å²) >= 11 is 0. The maximum absolute atomic E-state index is 5.62. The highest BCUT2D eigenvalue weighted by molar-refractivity contribution is 5.52. The number of hydrogen-bond acceptors (Lipinski definition) is 5. The molecule has 2 aromatic heterocycles. The molecule has 5 heteroatoms. The molecule has 1 aliphatic carbocycles. The standard InChI is InChI=1S/C16H22N4O/c1-2-11-4-3-5-12(8-11)15-19-16(21-20-15)13-6-7-18-14(9-13)10-17/h6-7,9,11-12H,2-5,8,10,17H2,1H3. The van der Waals surface area contributed by atoms with Gasteiger partial charge >= 0.3 is 0 Å². The Bertz CT molecular complexity index is 595. The van der Waals surface area contributed by atoms with Crippen molar-refractivity contribution in [2.24, 2.45) is 11.7 Å². The third-order valence-electron chi connectivity index (χ3n) is 4.44. The molecule has 0 aliphatic heterocycles. The molecule has 1 saturated carbocycles. The van der Waals surface area contributed by atoms with Gasteiger partial charge in [0.1, 0.15) is 0 Å². The van der Waals surface area contributed by atoms with Gasteiger partial charge in [-0.15, -0.1) is 0 Å². The summed E-state index contributed by atoms with van der Waals surface area (Å²) in [6.45, 7) is 2.68. The van der Waals surface area contributed by atoms with Gasteiger partial charge in [-0.05, 0) is 30.9 Å². The molecule has 112 valence electrons. The molecule has 0 amide bonds. The molecular weight excluding hydrogens is 264 g/mol. The van der Waals surface area contributed by atoms with Crippen molar-refractivity contribution in [2.45, 2.75) is 51.5 Å². The zero-order valence-corrected chi connectivity index (χ0v) is 12.5. The van der Waals surface area contributed by atoms with Crippen molar-refractivity contribution in [3.8, 4) is 11.5 Å². The minimum atomic E-state index is 0.412. The first-order valence-electron chi connectivity index (χ1n) is 7.79. The highest BCUT2D eigenvalue weighted by atomic mass is 16.5. The number of nitrogens with zero attached hydrogens (tertiary/aromatic N) is 3. The van der Waals surface area contributed by atoms with Crippen molar-refractivity contribution in [3.05, 3.63) is 29.8 Å². The average Bonchev–Trinajstić information content (AvgIpc) is 3.05. The lowest BCUT2D eigenvalue weighted by Crippen LogP contribution is -2.14. The Morgan fingerprint density at radius 1 is 1.38 bits per heavy atom. The molecular formula is C16H22N4O. The van der Waals surface area contributed by atoms with Crippen LogP contribution in [0.1, 0.15) is 56.5 Å². The van der Waals surface area contributed by atoms with Crippen LogP contribution in [-0.4, -0.2) is 15.1 Å². The smallest absolute Gasteiger partial charge is 0.258 e. The monoisotopic (exact) mass is 286 g/mol. The Morgan fingerprint density at radius 2 is 2.29 bits per heavy atom. The lowest BCUT2D eigenvalue weighted by atomic mass is 9.80. The van der Waals surface area contributed by atoms with Crippen molar-refractivity contribution >= 4 is 0 Å². The minimum absolute atomic E-state index is 0.412. The molecule has 0 bridgehead atoms. The van der Waals surface area contributed by atoms with Crippen LogP contribution in [0.4, 0.5) is 0 Å². The van der Waals surface area contributed by atoms with E-state index in [-0.39, 0.29) is 0 Å². The van der Waals surface area contributed by atoms with Crippen molar-refractivity contribution < 1.29 is 4.52 Å². The first-order valence-corrected chi connectivity index (χ1v) is 7.79. The van der Waals surface area contributed by atoms with Gasteiger partial charge in [-0.3, -0.25) is 4.98 Å². The quantitative estimate of drug-likeness (QED) is 0.933. The Kier molecular flexibility index (Phi) is 4.29. The van der Waals surface area contributed by atoms with Gasteiger partial charge in [0.15, 0.2) is 5.82 Å². The van der Waals surface area contributed by atoms with E-state index in [9.17, 15) is 0 Å². The molecule has 0 saturated heterocycles. The third kappa shape index (κ3) is 3.13. The van der Waals surface area contributed by atoms with Gasteiger partial charge in [0.25, 0.3) is 5.89 Å². The zero-order chi connectivity index (χ0) is 14.7. The van der Waals surface area contributed by atoms with Crippen LogP contribution in [0.25, 0.3) is 11.5 Å². The summed E-state index contributed by atoms with van der Waals surface area (Å²) in [7, 11) is 0. The third-order valence-corrected chi connectivity index (χ3v) is 4.44. The van der Waals surface area contributed by atoms with Crippen molar-refractivity contribution in [2.75, 3.05) is 0 Å². The summed E-state index contributed by atoms with van der Waals surface area (Å²) in [4.78, 5) is 8.79. The molecule has 21 heavy (non-hydrogen) atoms. The Balaban J connectivity index is 1.79. The van der Waals surface area contributed by atoms with Crippen LogP contribution < -0.4 is 5.73 Å². The predicted octanol–water partition coefficient (Wildman–Crippen LogP) is 3.27. The van der Waals surface area contributed by atoms with E-state index in [1.807, 2.05) is 12.1 Å². The Labute approximate surface area is 125 Å². The number of nitrogens with two attached hydrogens (primary N) is 1. The summed E-state index contributed by atoms with van der Waals surface area (Å²) in [5.74, 6) is 2.67. The number of rotatable bonds is 4. The summed E-state index contributed by atoms with van der Waals surface area (Å²) in [5, 5.41) is 4.20. The largest absolute Gasteiger partial charge is 0.334 e. The Morgan fingerprint density at radius 3 is 3.10 bits per heavy atom. The van der Waals surface area contributed by atoms with E-state index in [0.29, 0.717) is 18.4 Å². The maximum Gasteiger partial charge on any atom is 0.258 e. The predicted molar refractivity (Wildman–Crippen MR) is 80.4 cm³/mol. The average molecular weight is 286 g/mol. The van der Waals surface area contributed by atoms with Crippen LogP contribution in [0.5, 0.6) is 0 Å². The molecule has 2 heterocycles. The molecule has 0 aromatic carbocycles. The van der Waals surface area contributed by atoms with Gasteiger partial charge in [-0.25, -0.2) is 0 Å². The summed E-state index contributed by atoms with van der Waals surface area (Å²) in [6, 6.07) is 3.79. The highest BCUT2D eigenvalue weighted by Crippen LogP contribution is 2.36. The second-order valence-electron chi connectivity index (χ2n) is 5.84. The topological polar surface area (TPSA) is 77.8 Å². The summed E-state index contributed by atoms with van der Waals surface area (Å²) in [5.41, 5.74) is 7.35. The lowest BCUT2D eigenvalue weighted by Gasteiger charge is -2.26. The summed E-state index contributed by atoms with van der Waals surface area (Å²) < 4.78 is 5.44.